The molecule has 0 saturated carbocycles. The Labute approximate surface area is 101 Å². The van der Waals surface area contributed by atoms with Crippen LogP contribution >= 0.6 is 22.9 Å². The lowest BCUT2D eigenvalue weighted by Gasteiger charge is -2.17. The molecule has 1 heterocycles. The predicted octanol–water partition coefficient (Wildman–Crippen LogP) is 4.41. The Morgan fingerprint density at radius 2 is 2.33 bits per heavy atom. The van der Waals surface area contributed by atoms with Gasteiger partial charge in [-0.25, -0.2) is 0 Å². The normalized spacial score (nSPS) is 12.7. The SMILES string of the molecule is C=C(CC)CC(NCC)c1sccc1Cl. The van der Waals surface area contributed by atoms with Gasteiger partial charge in [0.15, 0.2) is 0 Å². The number of thiophene rings is 1. The third-order valence-corrected chi connectivity index (χ3v) is 3.88. The first-order chi connectivity index (χ1) is 7.19. The molecule has 0 fully saturated rings. The second-order valence-corrected chi connectivity index (χ2v) is 4.91. The van der Waals surface area contributed by atoms with Gasteiger partial charge in [-0.15, -0.1) is 11.3 Å². The quantitative estimate of drug-likeness (QED) is 0.730. The summed E-state index contributed by atoms with van der Waals surface area (Å²) in [6.45, 7) is 9.27. The second kappa shape index (κ2) is 6.31. The lowest BCUT2D eigenvalue weighted by Crippen LogP contribution is -2.20. The Bertz CT molecular complexity index is 319. The minimum Gasteiger partial charge on any atom is -0.309 e. The van der Waals surface area contributed by atoms with Gasteiger partial charge in [0.2, 0.25) is 0 Å². The Hall–Kier alpha value is -0.310. The molecule has 1 aromatic heterocycles. The van der Waals surface area contributed by atoms with Gasteiger partial charge in [0, 0.05) is 10.9 Å². The third kappa shape index (κ3) is 3.63. The highest BCUT2D eigenvalue weighted by Gasteiger charge is 2.15. The molecule has 84 valence electrons. The number of nitrogens with one attached hydrogen (secondary N) is 1. The summed E-state index contributed by atoms with van der Waals surface area (Å²) in [7, 11) is 0. The van der Waals surface area contributed by atoms with Crippen molar-refractivity contribution < 1.29 is 0 Å². The van der Waals surface area contributed by atoms with Crippen LogP contribution in [0.2, 0.25) is 5.02 Å². The van der Waals surface area contributed by atoms with E-state index in [-0.39, 0.29) is 0 Å². The van der Waals surface area contributed by atoms with Gasteiger partial charge in [0.1, 0.15) is 0 Å². The van der Waals surface area contributed by atoms with Crippen LogP contribution in [0.4, 0.5) is 0 Å². The van der Waals surface area contributed by atoms with Crippen molar-refractivity contribution in [3.8, 4) is 0 Å². The molecule has 0 radical (unpaired) electrons. The van der Waals surface area contributed by atoms with E-state index in [1.54, 1.807) is 11.3 Å². The first-order valence-corrected chi connectivity index (χ1v) is 6.57. The van der Waals surface area contributed by atoms with E-state index < -0.39 is 0 Å². The van der Waals surface area contributed by atoms with E-state index in [0.717, 1.165) is 24.4 Å². The summed E-state index contributed by atoms with van der Waals surface area (Å²) in [5.74, 6) is 0. The molecule has 0 saturated heterocycles. The minimum atomic E-state index is 0.329. The van der Waals surface area contributed by atoms with E-state index in [1.165, 1.54) is 10.5 Å². The van der Waals surface area contributed by atoms with Gasteiger partial charge < -0.3 is 5.32 Å². The Morgan fingerprint density at radius 1 is 1.60 bits per heavy atom. The largest absolute Gasteiger partial charge is 0.309 e. The van der Waals surface area contributed by atoms with Gasteiger partial charge in [0.25, 0.3) is 0 Å². The first kappa shape index (κ1) is 12.8. The Kier molecular flexibility index (Phi) is 5.37. The molecule has 0 spiro atoms. The maximum Gasteiger partial charge on any atom is 0.0561 e. The molecule has 0 aromatic carbocycles. The van der Waals surface area contributed by atoms with Crippen molar-refractivity contribution in [2.24, 2.45) is 0 Å². The molecule has 1 unspecified atom stereocenters. The van der Waals surface area contributed by atoms with Crippen molar-refractivity contribution >= 4 is 22.9 Å². The highest BCUT2D eigenvalue weighted by Crippen LogP contribution is 2.32. The number of hydrogen-bond acceptors (Lipinski definition) is 2. The molecule has 3 heteroatoms. The van der Waals surface area contributed by atoms with Crippen LogP contribution in [0.25, 0.3) is 0 Å². The zero-order valence-corrected chi connectivity index (χ0v) is 10.9. The molecule has 0 aliphatic carbocycles. The van der Waals surface area contributed by atoms with Crippen molar-refractivity contribution in [3.05, 3.63) is 33.5 Å². The van der Waals surface area contributed by atoms with Gasteiger partial charge >= 0.3 is 0 Å². The van der Waals surface area contributed by atoms with E-state index >= 15 is 0 Å². The zero-order valence-electron chi connectivity index (χ0n) is 9.35. The summed E-state index contributed by atoms with van der Waals surface area (Å²) in [6.07, 6.45) is 2.01. The standard InChI is InChI=1S/C12H18ClNS/c1-4-9(3)8-11(14-5-2)12-10(13)6-7-15-12/h6-7,11,14H,3-5,8H2,1-2H3. The minimum absolute atomic E-state index is 0.329. The van der Waals surface area contributed by atoms with Crippen LogP contribution in [-0.2, 0) is 0 Å². The smallest absolute Gasteiger partial charge is 0.0561 e. The predicted molar refractivity (Wildman–Crippen MR) is 69.8 cm³/mol. The summed E-state index contributed by atoms with van der Waals surface area (Å²) >= 11 is 7.85. The number of halogens is 1. The fraction of sp³-hybridized carbons (Fsp3) is 0.500. The molecule has 1 atom stereocenters. The summed E-state index contributed by atoms with van der Waals surface area (Å²) in [4.78, 5) is 1.23. The van der Waals surface area contributed by atoms with Crippen molar-refractivity contribution in [1.82, 2.24) is 5.32 Å². The van der Waals surface area contributed by atoms with E-state index in [4.69, 9.17) is 11.6 Å². The first-order valence-electron chi connectivity index (χ1n) is 5.31. The van der Waals surface area contributed by atoms with Crippen molar-refractivity contribution in [2.45, 2.75) is 32.7 Å². The van der Waals surface area contributed by atoms with Gasteiger partial charge in [-0.1, -0.05) is 37.6 Å². The van der Waals surface area contributed by atoms with E-state index in [9.17, 15) is 0 Å². The van der Waals surface area contributed by atoms with Crippen molar-refractivity contribution in [2.75, 3.05) is 6.54 Å². The number of hydrogen-bond donors (Lipinski definition) is 1. The lowest BCUT2D eigenvalue weighted by molar-refractivity contribution is 0.551. The van der Waals surface area contributed by atoms with Gasteiger partial charge in [-0.3, -0.25) is 0 Å². The third-order valence-electron chi connectivity index (χ3n) is 2.40. The summed E-state index contributed by atoms with van der Waals surface area (Å²) < 4.78 is 0. The van der Waals surface area contributed by atoms with Crippen molar-refractivity contribution in [3.63, 3.8) is 0 Å². The van der Waals surface area contributed by atoms with Crippen LogP contribution in [0.1, 0.15) is 37.6 Å². The highest BCUT2D eigenvalue weighted by molar-refractivity contribution is 7.10. The molecule has 1 aromatic rings. The van der Waals surface area contributed by atoms with Gasteiger partial charge in [-0.2, -0.15) is 0 Å². The van der Waals surface area contributed by atoms with Crippen LogP contribution < -0.4 is 5.32 Å². The molecule has 1 N–H and O–H groups in total. The fourth-order valence-electron chi connectivity index (χ4n) is 1.49. The van der Waals surface area contributed by atoms with Crippen LogP contribution in [0.3, 0.4) is 0 Å². The average molecular weight is 244 g/mol. The maximum absolute atomic E-state index is 6.14. The summed E-state index contributed by atoms with van der Waals surface area (Å²) in [5, 5.41) is 6.36. The maximum atomic E-state index is 6.14. The molecule has 15 heavy (non-hydrogen) atoms. The number of rotatable bonds is 6. The van der Waals surface area contributed by atoms with E-state index in [0.29, 0.717) is 6.04 Å². The summed E-state index contributed by atoms with van der Waals surface area (Å²) in [6, 6.07) is 2.29. The molecule has 1 rings (SSSR count). The lowest BCUT2D eigenvalue weighted by atomic mass is 10.0. The summed E-state index contributed by atoms with van der Waals surface area (Å²) in [5.41, 5.74) is 1.27. The molecule has 0 amide bonds. The molecule has 1 nitrogen and oxygen atoms in total. The van der Waals surface area contributed by atoms with Gasteiger partial charge in [0.05, 0.1) is 5.02 Å². The molecular formula is C12H18ClNS. The van der Waals surface area contributed by atoms with Crippen molar-refractivity contribution in [1.29, 1.82) is 0 Å². The molecular weight excluding hydrogens is 226 g/mol. The van der Waals surface area contributed by atoms with Crippen LogP contribution in [0.15, 0.2) is 23.6 Å². The van der Waals surface area contributed by atoms with Crippen LogP contribution in [-0.4, -0.2) is 6.54 Å². The van der Waals surface area contributed by atoms with Gasteiger partial charge in [-0.05, 0) is 30.8 Å². The Morgan fingerprint density at radius 3 is 2.80 bits per heavy atom. The fourth-order valence-corrected chi connectivity index (χ4v) is 2.76. The topological polar surface area (TPSA) is 12.0 Å². The van der Waals surface area contributed by atoms with E-state index in [1.807, 2.05) is 11.4 Å². The Balaban J connectivity index is 2.74. The average Bonchev–Trinajstić information content (AvgIpc) is 2.63. The monoisotopic (exact) mass is 243 g/mol. The molecule has 0 aliphatic rings. The van der Waals surface area contributed by atoms with E-state index in [2.05, 4.69) is 25.7 Å². The molecule has 0 bridgehead atoms. The zero-order chi connectivity index (χ0) is 11.3. The highest BCUT2D eigenvalue weighted by atomic mass is 35.5. The van der Waals surface area contributed by atoms with Crippen LogP contribution in [0.5, 0.6) is 0 Å². The van der Waals surface area contributed by atoms with Crippen LogP contribution in [0, 0.1) is 0 Å². The molecule has 0 aliphatic heterocycles. The second-order valence-electron chi connectivity index (χ2n) is 3.55.